The van der Waals surface area contributed by atoms with E-state index in [1.807, 2.05) is 25.3 Å². The van der Waals surface area contributed by atoms with E-state index >= 15 is 0 Å². The van der Waals surface area contributed by atoms with Crippen LogP contribution in [0.15, 0.2) is 48.7 Å². The summed E-state index contributed by atoms with van der Waals surface area (Å²) < 4.78 is 7.08. The van der Waals surface area contributed by atoms with Gasteiger partial charge in [-0.2, -0.15) is 0 Å². The topological polar surface area (TPSA) is 73.2 Å². The molecule has 0 unspecified atom stereocenters. The number of aromatic nitrogens is 2. The van der Waals surface area contributed by atoms with Crippen molar-refractivity contribution < 1.29 is 14.3 Å². The summed E-state index contributed by atoms with van der Waals surface area (Å²) >= 11 is 0. The van der Waals surface area contributed by atoms with Crippen LogP contribution in [0.3, 0.4) is 0 Å². The molecule has 0 bridgehead atoms. The summed E-state index contributed by atoms with van der Waals surface area (Å²) in [5.41, 5.74) is 4.90. The predicted octanol–water partition coefficient (Wildman–Crippen LogP) is 3.69. The quantitative estimate of drug-likeness (QED) is 0.525. The Kier molecular flexibility index (Phi) is 5.59. The number of anilines is 1. The van der Waals surface area contributed by atoms with E-state index in [9.17, 15) is 9.59 Å². The second kappa shape index (κ2) is 8.08. The summed E-state index contributed by atoms with van der Waals surface area (Å²) in [7, 11) is 1.49. The zero-order chi connectivity index (χ0) is 20.3. The number of carbonyl (C=O) groups excluding carboxylic acids is 2. The molecule has 0 aliphatic heterocycles. The maximum atomic E-state index is 12.7. The second-order valence-corrected chi connectivity index (χ2v) is 6.73. The van der Waals surface area contributed by atoms with Crippen molar-refractivity contribution >= 4 is 17.4 Å². The van der Waals surface area contributed by atoms with Crippen molar-refractivity contribution in [2.24, 2.45) is 0 Å². The number of nitrogens with zero attached hydrogens (tertiary/aromatic N) is 2. The molecular formula is C22H23N3O3. The Morgan fingerprint density at radius 1 is 1.07 bits per heavy atom. The molecule has 1 amide bonds. The Labute approximate surface area is 164 Å². The molecule has 0 saturated carbocycles. The lowest BCUT2D eigenvalue weighted by Gasteiger charge is -2.10. The molecule has 0 radical (unpaired) electrons. The smallest absolute Gasteiger partial charge is 0.296 e. The van der Waals surface area contributed by atoms with Crippen LogP contribution in [0.2, 0.25) is 0 Å². The molecule has 1 N–H and O–H groups in total. The van der Waals surface area contributed by atoms with Crippen LogP contribution in [0.4, 0.5) is 5.69 Å². The standard InChI is InChI=1S/C22H23N3O3/c1-14-5-7-17(8-6-14)13-25-15(2)11-19(16(25)3)21(26)22(27)24-18-9-10-23-20(12-18)28-4/h5-12H,13H2,1-4H3,(H,23,24,27). The van der Waals surface area contributed by atoms with E-state index in [1.165, 1.54) is 18.9 Å². The molecule has 0 atom stereocenters. The van der Waals surface area contributed by atoms with E-state index in [2.05, 4.69) is 34.6 Å². The third-order valence-corrected chi connectivity index (χ3v) is 4.69. The highest BCUT2D eigenvalue weighted by Crippen LogP contribution is 2.19. The zero-order valence-electron chi connectivity index (χ0n) is 16.4. The van der Waals surface area contributed by atoms with Gasteiger partial charge >= 0.3 is 0 Å². The van der Waals surface area contributed by atoms with E-state index in [0.717, 1.165) is 17.0 Å². The number of Topliss-reactive ketones (excluding diaryl/α,β-unsaturated/α-hetero) is 1. The zero-order valence-corrected chi connectivity index (χ0v) is 16.4. The largest absolute Gasteiger partial charge is 0.481 e. The maximum Gasteiger partial charge on any atom is 0.296 e. The van der Waals surface area contributed by atoms with Gasteiger partial charge in [-0.15, -0.1) is 0 Å². The van der Waals surface area contributed by atoms with Crippen molar-refractivity contribution in [2.45, 2.75) is 27.3 Å². The van der Waals surface area contributed by atoms with Gasteiger partial charge in [0.05, 0.1) is 7.11 Å². The van der Waals surface area contributed by atoms with Gasteiger partial charge in [-0.25, -0.2) is 4.98 Å². The Hall–Kier alpha value is -3.41. The molecule has 3 rings (SSSR count). The lowest BCUT2D eigenvalue weighted by Crippen LogP contribution is -2.23. The number of benzene rings is 1. The fourth-order valence-corrected chi connectivity index (χ4v) is 3.06. The number of pyridine rings is 1. The Morgan fingerprint density at radius 2 is 1.79 bits per heavy atom. The number of hydrogen-bond acceptors (Lipinski definition) is 4. The third kappa shape index (κ3) is 4.11. The van der Waals surface area contributed by atoms with Crippen molar-refractivity contribution in [3.05, 3.63) is 76.7 Å². The van der Waals surface area contributed by atoms with E-state index in [4.69, 9.17) is 4.74 Å². The first-order chi connectivity index (χ1) is 13.4. The molecule has 6 heteroatoms. The molecule has 6 nitrogen and oxygen atoms in total. The highest BCUT2D eigenvalue weighted by molar-refractivity contribution is 6.46. The van der Waals surface area contributed by atoms with Gasteiger partial charge < -0.3 is 14.6 Å². The van der Waals surface area contributed by atoms with Gasteiger partial charge in [0.1, 0.15) is 0 Å². The molecule has 0 saturated heterocycles. The van der Waals surface area contributed by atoms with Gasteiger partial charge in [0.15, 0.2) is 0 Å². The van der Waals surface area contributed by atoms with Crippen LogP contribution < -0.4 is 10.1 Å². The molecule has 0 aliphatic carbocycles. The first-order valence-electron chi connectivity index (χ1n) is 8.97. The van der Waals surface area contributed by atoms with Gasteiger partial charge in [0.2, 0.25) is 5.88 Å². The van der Waals surface area contributed by atoms with Crippen molar-refractivity contribution in [2.75, 3.05) is 12.4 Å². The number of carbonyl (C=O) groups is 2. The summed E-state index contributed by atoms with van der Waals surface area (Å²) in [5.74, 6) is -0.899. The van der Waals surface area contributed by atoms with Gasteiger partial charge in [0, 0.05) is 41.4 Å². The number of rotatable bonds is 6. The number of aryl methyl sites for hydroxylation is 2. The molecule has 0 spiro atoms. The highest BCUT2D eigenvalue weighted by Gasteiger charge is 2.22. The molecule has 0 aliphatic rings. The molecule has 1 aromatic carbocycles. The summed E-state index contributed by atoms with van der Waals surface area (Å²) in [6.45, 7) is 6.49. The Morgan fingerprint density at radius 3 is 2.46 bits per heavy atom. The summed E-state index contributed by atoms with van der Waals surface area (Å²) in [6.07, 6.45) is 1.51. The Balaban J connectivity index is 1.79. The van der Waals surface area contributed by atoms with E-state index in [0.29, 0.717) is 23.7 Å². The van der Waals surface area contributed by atoms with Crippen LogP contribution >= 0.6 is 0 Å². The molecule has 3 aromatic rings. The minimum absolute atomic E-state index is 0.363. The first kappa shape index (κ1) is 19.4. The van der Waals surface area contributed by atoms with Crippen LogP contribution in [-0.2, 0) is 11.3 Å². The maximum absolute atomic E-state index is 12.7. The normalized spacial score (nSPS) is 10.6. The molecule has 28 heavy (non-hydrogen) atoms. The van der Waals surface area contributed by atoms with Crippen LogP contribution in [0.25, 0.3) is 0 Å². The third-order valence-electron chi connectivity index (χ3n) is 4.69. The van der Waals surface area contributed by atoms with Crippen molar-refractivity contribution in [3.63, 3.8) is 0 Å². The summed E-state index contributed by atoms with van der Waals surface area (Å²) in [5, 5.41) is 2.61. The highest BCUT2D eigenvalue weighted by atomic mass is 16.5. The van der Waals surface area contributed by atoms with Gasteiger partial charge in [-0.3, -0.25) is 9.59 Å². The first-order valence-corrected chi connectivity index (χ1v) is 8.97. The number of ketones is 1. The van der Waals surface area contributed by atoms with Gasteiger partial charge in [0.25, 0.3) is 11.7 Å². The lowest BCUT2D eigenvalue weighted by atomic mass is 10.1. The molecule has 2 heterocycles. The van der Waals surface area contributed by atoms with Crippen LogP contribution in [0.1, 0.15) is 32.9 Å². The van der Waals surface area contributed by atoms with E-state index in [-0.39, 0.29) is 0 Å². The monoisotopic (exact) mass is 377 g/mol. The molecular weight excluding hydrogens is 354 g/mol. The number of nitrogens with one attached hydrogen (secondary N) is 1. The minimum Gasteiger partial charge on any atom is -0.481 e. The molecule has 144 valence electrons. The van der Waals surface area contributed by atoms with Crippen LogP contribution in [-0.4, -0.2) is 28.4 Å². The summed E-state index contributed by atoms with van der Waals surface area (Å²) in [4.78, 5) is 29.1. The van der Waals surface area contributed by atoms with Gasteiger partial charge in [-0.1, -0.05) is 29.8 Å². The number of methoxy groups -OCH3 is 1. The number of amides is 1. The Bertz CT molecular complexity index is 1020. The van der Waals surface area contributed by atoms with Crippen LogP contribution in [0, 0.1) is 20.8 Å². The van der Waals surface area contributed by atoms with Crippen LogP contribution in [0.5, 0.6) is 5.88 Å². The summed E-state index contributed by atoms with van der Waals surface area (Å²) in [6, 6.07) is 13.2. The van der Waals surface area contributed by atoms with E-state index < -0.39 is 11.7 Å². The number of hydrogen-bond donors (Lipinski definition) is 1. The average molecular weight is 377 g/mol. The fourth-order valence-electron chi connectivity index (χ4n) is 3.06. The molecule has 2 aromatic heterocycles. The lowest BCUT2D eigenvalue weighted by molar-refractivity contribution is -0.112. The molecule has 0 fully saturated rings. The number of ether oxygens (including phenoxy) is 1. The van der Waals surface area contributed by atoms with E-state index in [1.54, 1.807) is 18.2 Å². The minimum atomic E-state index is -0.691. The average Bonchev–Trinajstić information content (AvgIpc) is 2.97. The van der Waals surface area contributed by atoms with Crippen molar-refractivity contribution in [1.29, 1.82) is 0 Å². The SMILES string of the molecule is COc1cc(NC(=O)C(=O)c2cc(C)n(Cc3ccc(C)cc3)c2C)ccn1. The van der Waals surface area contributed by atoms with Crippen molar-refractivity contribution in [1.82, 2.24) is 9.55 Å². The van der Waals surface area contributed by atoms with Crippen molar-refractivity contribution in [3.8, 4) is 5.88 Å². The second-order valence-electron chi connectivity index (χ2n) is 6.73. The predicted molar refractivity (Wildman–Crippen MR) is 108 cm³/mol. The fraction of sp³-hybridized carbons (Fsp3) is 0.227. The van der Waals surface area contributed by atoms with Gasteiger partial charge in [-0.05, 0) is 38.5 Å².